The number of aliphatic hydroxyl groups is 1. The number of rotatable bonds is 1. The molecule has 1 N–H and O–H groups in total. The van der Waals surface area contributed by atoms with Gasteiger partial charge in [-0.15, -0.1) is 0 Å². The number of hydrogen-bond donors (Lipinski definition) is 1. The van der Waals surface area contributed by atoms with Gasteiger partial charge in [0.05, 0.1) is 10.7 Å². The molecule has 0 heterocycles. The zero-order chi connectivity index (χ0) is 10.2. The highest BCUT2D eigenvalue weighted by Gasteiger charge is 1.97. The van der Waals surface area contributed by atoms with Gasteiger partial charge in [-0.25, -0.2) is 0 Å². The van der Waals surface area contributed by atoms with Crippen LogP contribution in [0.5, 0.6) is 0 Å². The summed E-state index contributed by atoms with van der Waals surface area (Å²) in [6.45, 7) is -2.54. The fourth-order valence-corrected chi connectivity index (χ4v) is 0.943. The molecular formula is C7H6Cl2O. The van der Waals surface area contributed by atoms with Crippen molar-refractivity contribution in [2.24, 2.45) is 0 Å². The van der Waals surface area contributed by atoms with E-state index in [2.05, 4.69) is 0 Å². The van der Waals surface area contributed by atoms with Gasteiger partial charge in [-0.2, -0.15) is 0 Å². The van der Waals surface area contributed by atoms with Crippen molar-refractivity contribution in [2.45, 2.75) is 6.56 Å². The Bertz CT molecular complexity index is 335. The maximum atomic E-state index is 9.01. The molecule has 0 fully saturated rings. The second-order valence-electron chi connectivity index (χ2n) is 1.65. The highest BCUT2D eigenvalue weighted by molar-refractivity contribution is 6.35. The van der Waals surface area contributed by atoms with Crippen molar-refractivity contribution in [2.75, 3.05) is 0 Å². The van der Waals surface area contributed by atoms with Gasteiger partial charge in [0, 0.05) is 10.0 Å². The fraction of sp³-hybridized carbons (Fsp3) is 0.143. The lowest BCUT2D eigenvalue weighted by atomic mass is 10.2. The Hall–Kier alpha value is -0.240. The Morgan fingerprint density at radius 1 is 1.60 bits per heavy atom. The molecule has 1 nitrogen and oxygen atoms in total. The van der Waals surface area contributed by atoms with E-state index in [0.29, 0.717) is 0 Å². The van der Waals surface area contributed by atoms with E-state index < -0.39 is 6.56 Å². The second kappa shape index (κ2) is 3.24. The van der Waals surface area contributed by atoms with Gasteiger partial charge in [-0.05, 0) is 17.7 Å². The van der Waals surface area contributed by atoms with E-state index in [1.54, 1.807) is 0 Å². The summed E-state index contributed by atoms with van der Waals surface area (Å²) in [5.74, 6) is 0. The van der Waals surface area contributed by atoms with Crippen molar-refractivity contribution in [1.82, 2.24) is 0 Å². The lowest BCUT2D eigenvalue weighted by Crippen LogP contribution is -1.82. The molecule has 54 valence electrons. The maximum Gasteiger partial charge on any atom is 0.0696 e. The van der Waals surface area contributed by atoms with E-state index in [9.17, 15) is 0 Å². The average molecular weight is 180 g/mol. The molecule has 0 saturated carbocycles. The summed E-state index contributed by atoms with van der Waals surface area (Å²) >= 11 is 11.2. The predicted octanol–water partition coefficient (Wildman–Crippen LogP) is 2.49. The first-order valence-electron chi connectivity index (χ1n) is 4.01. The van der Waals surface area contributed by atoms with Crippen molar-refractivity contribution in [3.05, 3.63) is 33.8 Å². The Balaban J connectivity index is 3.35. The smallest absolute Gasteiger partial charge is 0.0696 e. The van der Waals surface area contributed by atoms with Gasteiger partial charge in [0.25, 0.3) is 0 Å². The third kappa shape index (κ3) is 1.63. The van der Waals surface area contributed by atoms with E-state index in [0.717, 1.165) is 0 Å². The number of hydrogen-bond acceptors (Lipinski definition) is 1. The fourth-order valence-electron chi connectivity index (χ4n) is 0.530. The molecule has 0 aliphatic rings. The molecule has 0 radical (unpaired) electrons. The van der Waals surface area contributed by atoms with Crippen LogP contribution in [0.2, 0.25) is 10.0 Å². The second-order valence-corrected chi connectivity index (χ2v) is 2.43. The van der Waals surface area contributed by atoms with Gasteiger partial charge >= 0.3 is 0 Å². The van der Waals surface area contributed by atoms with Crippen molar-refractivity contribution >= 4 is 23.2 Å². The minimum Gasteiger partial charge on any atom is -0.392 e. The van der Waals surface area contributed by atoms with E-state index in [-0.39, 0.29) is 21.7 Å². The van der Waals surface area contributed by atoms with Crippen molar-refractivity contribution < 1.29 is 9.22 Å². The van der Waals surface area contributed by atoms with E-state index in [1.807, 2.05) is 0 Å². The first-order valence-corrected chi connectivity index (χ1v) is 3.27. The topological polar surface area (TPSA) is 20.2 Å². The third-order valence-corrected chi connectivity index (χ3v) is 1.50. The predicted molar refractivity (Wildman–Crippen MR) is 42.4 cm³/mol. The molecule has 0 unspecified atom stereocenters. The molecule has 0 aromatic heterocycles. The molecule has 1 rings (SSSR count). The highest BCUT2D eigenvalue weighted by Crippen LogP contribution is 2.20. The minimum absolute atomic E-state index is 0.123. The first-order chi connectivity index (χ1) is 5.84. The van der Waals surface area contributed by atoms with Gasteiger partial charge in [0.2, 0.25) is 0 Å². The lowest BCUT2D eigenvalue weighted by Gasteiger charge is -1.98. The SMILES string of the molecule is [2H]c1c(Cl)ccc(C([2H])([2H])O)c1Cl. The number of halogens is 2. The zero-order valence-electron chi connectivity index (χ0n) is 7.86. The maximum absolute atomic E-state index is 9.01. The molecule has 3 heteroatoms. The quantitative estimate of drug-likeness (QED) is 0.703. The van der Waals surface area contributed by atoms with E-state index in [1.165, 1.54) is 12.1 Å². The normalized spacial score (nSPS) is 15.7. The monoisotopic (exact) mass is 179 g/mol. The van der Waals surface area contributed by atoms with Crippen LogP contribution in [0, 0.1) is 0 Å². The summed E-state index contributed by atoms with van der Waals surface area (Å²) in [6.07, 6.45) is 0. The molecular weight excluding hydrogens is 171 g/mol. The summed E-state index contributed by atoms with van der Waals surface area (Å²) in [5, 5.41) is 8.96. The van der Waals surface area contributed by atoms with Crippen LogP contribution in [0.3, 0.4) is 0 Å². The summed E-state index contributed by atoms with van der Waals surface area (Å²) < 4.78 is 21.3. The van der Waals surface area contributed by atoms with E-state index >= 15 is 0 Å². The van der Waals surface area contributed by atoms with Gasteiger partial charge in [-0.1, -0.05) is 29.3 Å². The van der Waals surface area contributed by atoms with Crippen LogP contribution in [0.1, 0.15) is 9.68 Å². The molecule has 0 atom stereocenters. The Kier molecular flexibility index (Phi) is 1.49. The summed E-state index contributed by atoms with van der Waals surface area (Å²) in [4.78, 5) is 0. The first kappa shape index (κ1) is 4.60. The van der Waals surface area contributed by atoms with Crippen LogP contribution in [-0.2, 0) is 6.56 Å². The summed E-state index contributed by atoms with van der Waals surface area (Å²) in [6, 6.07) is 2.39. The molecule has 0 spiro atoms. The van der Waals surface area contributed by atoms with Crippen molar-refractivity contribution in [1.29, 1.82) is 0 Å². The molecule has 0 aliphatic heterocycles. The molecule has 0 bridgehead atoms. The Labute approximate surface area is 73.4 Å². The largest absolute Gasteiger partial charge is 0.392 e. The average Bonchev–Trinajstić information content (AvgIpc) is 1.98. The van der Waals surface area contributed by atoms with Gasteiger partial charge in [-0.3, -0.25) is 0 Å². The Morgan fingerprint density at radius 3 is 2.90 bits per heavy atom. The molecule has 1 aromatic rings. The van der Waals surface area contributed by atoms with Crippen LogP contribution in [0.15, 0.2) is 18.2 Å². The van der Waals surface area contributed by atoms with Gasteiger partial charge < -0.3 is 5.11 Å². The van der Waals surface area contributed by atoms with Crippen LogP contribution >= 0.6 is 23.2 Å². The molecule has 10 heavy (non-hydrogen) atoms. The molecule has 0 amide bonds. The van der Waals surface area contributed by atoms with Crippen LogP contribution in [0.25, 0.3) is 0 Å². The van der Waals surface area contributed by atoms with Gasteiger partial charge in [0.1, 0.15) is 0 Å². The summed E-state index contributed by atoms with van der Waals surface area (Å²) in [7, 11) is 0. The van der Waals surface area contributed by atoms with Crippen LogP contribution < -0.4 is 0 Å². The third-order valence-electron chi connectivity index (χ3n) is 0.982. The van der Waals surface area contributed by atoms with Crippen molar-refractivity contribution in [3.63, 3.8) is 0 Å². The molecule has 1 aromatic carbocycles. The highest BCUT2D eigenvalue weighted by atomic mass is 35.5. The molecule has 0 saturated heterocycles. The van der Waals surface area contributed by atoms with Gasteiger partial charge in [0.15, 0.2) is 0 Å². The standard InChI is InChI=1S/C7H6Cl2O/c8-6-2-1-5(4-10)7(9)3-6/h1-3,10H,4H2/i3D,4D2. The lowest BCUT2D eigenvalue weighted by molar-refractivity contribution is 0.282. The minimum atomic E-state index is -2.54. The van der Waals surface area contributed by atoms with Crippen LogP contribution in [0.4, 0.5) is 0 Å². The van der Waals surface area contributed by atoms with Crippen LogP contribution in [-0.4, -0.2) is 5.11 Å². The van der Waals surface area contributed by atoms with Crippen molar-refractivity contribution in [3.8, 4) is 0 Å². The van der Waals surface area contributed by atoms with E-state index in [4.69, 9.17) is 32.4 Å². The molecule has 0 aliphatic carbocycles. The zero-order valence-corrected chi connectivity index (χ0v) is 6.37. The summed E-state index contributed by atoms with van der Waals surface area (Å²) in [5.41, 5.74) is -0.149. The Morgan fingerprint density at radius 2 is 2.30 bits per heavy atom. The number of benzene rings is 1.